The first kappa shape index (κ1) is 17.9. The van der Waals surface area contributed by atoms with Gasteiger partial charge in [-0.25, -0.2) is 14.8 Å². The third-order valence-corrected chi connectivity index (χ3v) is 5.45. The van der Waals surface area contributed by atoms with Crippen molar-refractivity contribution in [1.82, 2.24) is 20.2 Å². The summed E-state index contributed by atoms with van der Waals surface area (Å²) in [7, 11) is 0. The summed E-state index contributed by atoms with van der Waals surface area (Å²) >= 11 is 0. The molecular weight excluding hydrogens is 340 g/mol. The van der Waals surface area contributed by atoms with Gasteiger partial charge in [-0.3, -0.25) is 0 Å². The van der Waals surface area contributed by atoms with Gasteiger partial charge in [0.2, 0.25) is 0 Å². The molecule has 2 aromatic rings. The molecule has 0 bridgehead atoms. The lowest BCUT2D eigenvalue weighted by molar-refractivity contribution is 0.190. The Bertz CT molecular complexity index is 811. The molecule has 1 fully saturated rings. The van der Waals surface area contributed by atoms with Crippen LogP contribution in [0.4, 0.5) is 4.79 Å². The summed E-state index contributed by atoms with van der Waals surface area (Å²) < 4.78 is 0. The minimum Gasteiger partial charge on any atom is -0.396 e. The lowest BCUT2D eigenvalue weighted by Gasteiger charge is -2.28. The van der Waals surface area contributed by atoms with Crippen LogP contribution >= 0.6 is 0 Å². The molecule has 6 nitrogen and oxygen atoms in total. The summed E-state index contributed by atoms with van der Waals surface area (Å²) in [6.07, 6.45) is 4.32. The molecule has 0 saturated heterocycles. The second-order valence-corrected chi connectivity index (χ2v) is 7.73. The molecule has 1 aromatic heterocycles. The van der Waals surface area contributed by atoms with Gasteiger partial charge >= 0.3 is 6.03 Å². The van der Waals surface area contributed by atoms with Crippen molar-refractivity contribution in [3.8, 4) is 0 Å². The molecule has 1 aromatic carbocycles. The molecule has 2 heterocycles. The van der Waals surface area contributed by atoms with E-state index in [4.69, 9.17) is 0 Å². The van der Waals surface area contributed by atoms with E-state index in [0.29, 0.717) is 25.4 Å². The van der Waals surface area contributed by atoms with E-state index >= 15 is 0 Å². The number of hydrogen-bond donors (Lipinski definition) is 2. The van der Waals surface area contributed by atoms with Gasteiger partial charge in [0.25, 0.3) is 0 Å². The normalized spacial score (nSPS) is 22.1. The predicted octanol–water partition coefficient (Wildman–Crippen LogP) is 2.27. The van der Waals surface area contributed by atoms with Gasteiger partial charge in [0.15, 0.2) is 0 Å². The number of nitrogens with one attached hydrogen (secondary N) is 1. The minimum absolute atomic E-state index is 0.00651. The van der Waals surface area contributed by atoms with Gasteiger partial charge in [0.1, 0.15) is 5.82 Å². The fourth-order valence-electron chi connectivity index (χ4n) is 3.67. The van der Waals surface area contributed by atoms with Gasteiger partial charge in [0.05, 0.1) is 12.2 Å². The fraction of sp³-hybridized carbons (Fsp3) is 0.476. The molecule has 0 unspecified atom stereocenters. The SMILES string of the molecule is C[C@@H](CO)Cc1ncc2c(n1)CN(C(=O)N[C@@H]1C[C@H]1c1ccccc1)CC2. The van der Waals surface area contributed by atoms with E-state index in [1.807, 2.05) is 36.2 Å². The zero-order chi connectivity index (χ0) is 18.8. The highest BCUT2D eigenvalue weighted by Crippen LogP contribution is 2.40. The summed E-state index contributed by atoms with van der Waals surface area (Å²) in [5, 5.41) is 12.4. The van der Waals surface area contributed by atoms with Crippen molar-refractivity contribution in [3.63, 3.8) is 0 Å². The standard InChI is InChI=1S/C21H26N4O2/c1-14(13-26)9-20-22-11-16-7-8-25(12-19(16)23-20)21(27)24-18-10-17(18)15-5-3-2-4-6-15/h2-6,11,14,17-18,26H,7-10,12-13H2,1H3,(H,24,27)/t14-,17+,18-/m1/s1. The molecule has 2 N–H and O–H groups in total. The number of carbonyl (C=O) groups excluding carboxylic acids is 1. The number of aliphatic hydroxyl groups excluding tert-OH is 1. The number of hydrogen-bond acceptors (Lipinski definition) is 4. The zero-order valence-electron chi connectivity index (χ0n) is 15.6. The monoisotopic (exact) mass is 366 g/mol. The minimum atomic E-state index is -0.00651. The van der Waals surface area contributed by atoms with Crippen molar-refractivity contribution in [2.24, 2.45) is 5.92 Å². The summed E-state index contributed by atoms with van der Waals surface area (Å²) in [6, 6.07) is 10.6. The summed E-state index contributed by atoms with van der Waals surface area (Å²) in [4.78, 5) is 23.6. The van der Waals surface area contributed by atoms with Crippen LogP contribution in [0, 0.1) is 5.92 Å². The third kappa shape index (κ3) is 4.11. The molecule has 1 aliphatic carbocycles. The fourth-order valence-corrected chi connectivity index (χ4v) is 3.67. The highest BCUT2D eigenvalue weighted by Gasteiger charge is 2.40. The summed E-state index contributed by atoms with van der Waals surface area (Å²) in [6.45, 7) is 3.31. The van der Waals surface area contributed by atoms with Gasteiger partial charge < -0.3 is 15.3 Å². The number of carbonyl (C=O) groups is 1. The van der Waals surface area contributed by atoms with Crippen molar-refractivity contribution in [2.75, 3.05) is 13.2 Å². The third-order valence-electron chi connectivity index (χ3n) is 5.45. The second kappa shape index (κ2) is 7.64. The van der Waals surface area contributed by atoms with Crippen LogP contribution in [-0.4, -0.2) is 45.2 Å². The first-order valence-electron chi connectivity index (χ1n) is 9.69. The average Bonchev–Trinajstić information content (AvgIpc) is 3.47. The van der Waals surface area contributed by atoms with E-state index in [9.17, 15) is 9.90 Å². The van der Waals surface area contributed by atoms with Crippen LogP contribution in [0.3, 0.4) is 0 Å². The van der Waals surface area contributed by atoms with E-state index in [1.165, 1.54) is 5.56 Å². The van der Waals surface area contributed by atoms with Crippen LogP contribution in [0.15, 0.2) is 36.5 Å². The van der Waals surface area contributed by atoms with E-state index < -0.39 is 0 Å². The number of fused-ring (bicyclic) bond motifs is 1. The van der Waals surface area contributed by atoms with E-state index in [1.54, 1.807) is 0 Å². The van der Waals surface area contributed by atoms with Crippen molar-refractivity contribution >= 4 is 6.03 Å². The van der Waals surface area contributed by atoms with Gasteiger partial charge in [-0.05, 0) is 29.9 Å². The Kier molecular flexibility index (Phi) is 5.07. The number of nitrogens with zero attached hydrogens (tertiary/aromatic N) is 3. The maximum absolute atomic E-state index is 12.7. The number of amides is 2. The molecular formula is C21H26N4O2. The van der Waals surface area contributed by atoms with Crippen molar-refractivity contribution in [3.05, 3.63) is 59.2 Å². The predicted molar refractivity (Wildman–Crippen MR) is 102 cm³/mol. The van der Waals surface area contributed by atoms with Crippen LogP contribution in [0.2, 0.25) is 0 Å². The van der Waals surface area contributed by atoms with Crippen LogP contribution in [-0.2, 0) is 19.4 Å². The Balaban J connectivity index is 1.36. The van der Waals surface area contributed by atoms with Crippen LogP contribution in [0.1, 0.15) is 41.9 Å². The Morgan fingerprint density at radius 2 is 2.19 bits per heavy atom. The molecule has 3 atom stereocenters. The molecule has 4 rings (SSSR count). The molecule has 6 heteroatoms. The molecule has 2 aliphatic rings. The summed E-state index contributed by atoms with van der Waals surface area (Å²) in [5.41, 5.74) is 3.34. The van der Waals surface area contributed by atoms with E-state index in [-0.39, 0.29) is 24.6 Å². The number of aliphatic hydroxyl groups is 1. The number of rotatable bonds is 5. The Hall–Kier alpha value is -2.47. The van der Waals surface area contributed by atoms with Crippen molar-refractivity contribution in [2.45, 2.75) is 44.7 Å². The Morgan fingerprint density at radius 3 is 2.96 bits per heavy atom. The molecule has 1 saturated carbocycles. The first-order valence-corrected chi connectivity index (χ1v) is 9.69. The largest absolute Gasteiger partial charge is 0.396 e. The lowest BCUT2D eigenvalue weighted by Crippen LogP contribution is -2.44. The Labute approximate surface area is 159 Å². The molecule has 0 radical (unpaired) electrons. The maximum Gasteiger partial charge on any atom is 0.317 e. The average molecular weight is 366 g/mol. The zero-order valence-corrected chi connectivity index (χ0v) is 15.6. The van der Waals surface area contributed by atoms with E-state index in [0.717, 1.165) is 29.9 Å². The van der Waals surface area contributed by atoms with Gasteiger partial charge in [-0.1, -0.05) is 37.3 Å². The van der Waals surface area contributed by atoms with E-state index in [2.05, 4.69) is 27.4 Å². The van der Waals surface area contributed by atoms with Crippen LogP contribution in [0.5, 0.6) is 0 Å². The highest BCUT2D eigenvalue weighted by molar-refractivity contribution is 5.75. The number of aromatic nitrogens is 2. The van der Waals surface area contributed by atoms with Crippen molar-refractivity contribution < 1.29 is 9.90 Å². The van der Waals surface area contributed by atoms with Crippen molar-refractivity contribution in [1.29, 1.82) is 0 Å². The quantitative estimate of drug-likeness (QED) is 0.851. The highest BCUT2D eigenvalue weighted by atomic mass is 16.3. The molecule has 142 valence electrons. The summed E-state index contributed by atoms with van der Waals surface area (Å²) in [5.74, 6) is 1.31. The Morgan fingerprint density at radius 1 is 1.37 bits per heavy atom. The van der Waals surface area contributed by atoms with Gasteiger partial charge in [-0.15, -0.1) is 0 Å². The molecule has 0 spiro atoms. The smallest absolute Gasteiger partial charge is 0.317 e. The second-order valence-electron chi connectivity index (χ2n) is 7.73. The molecule has 1 aliphatic heterocycles. The lowest BCUT2D eigenvalue weighted by atomic mass is 10.1. The van der Waals surface area contributed by atoms with Crippen LogP contribution in [0.25, 0.3) is 0 Å². The molecule has 27 heavy (non-hydrogen) atoms. The number of urea groups is 1. The first-order chi connectivity index (χ1) is 13.1. The molecule has 2 amide bonds. The topological polar surface area (TPSA) is 78.4 Å². The van der Waals surface area contributed by atoms with Gasteiger partial charge in [0, 0.05) is 37.7 Å². The van der Waals surface area contributed by atoms with Crippen LogP contribution < -0.4 is 5.32 Å². The van der Waals surface area contributed by atoms with Gasteiger partial charge in [-0.2, -0.15) is 0 Å². The number of benzene rings is 1. The maximum atomic E-state index is 12.7.